The number of nitrogens with zero attached hydrogens (tertiary/aromatic N) is 1. The lowest BCUT2D eigenvalue weighted by Gasteiger charge is -2.34. The van der Waals surface area contributed by atoms with Crippen molar-refractivity contribution in [1.82, 2.24) is 10.2 Å². The molecule has 2 atom stereocenters. The summed E-state index contributed by atoms with van der Waals surface area (Å²) in [5, 5.41) is 5.02. The molecule has 3 heteroatoms. The fraction of sp³-hybridized carbons (Fsp3) is 0.667. The van der Waals surface area contributed by atoms with Crippen LogP contribution in [0, 0.1) is 5.92 Å². The Kier molecular flexibility index (Phi) is 6.59. The Morgan fingerprint density at radius 2 is 1.67 bits per heavy atom. The average molecular weight is 307 g/mol. The van der Waals surface area contributed by atoms with Crippen LogP contribution in [0.15, 0.2) is 24.3 Å². The second kappa shape index (κ2) is 8.21. The van der Waals surface area contributed by atoms with E-state index in [1.807, 2.05) is 0 Å². The molecule has 1 aromatic carbocycles. The zero-order valence-corrected chi connectivity index (χ0v) is 14.7. The highest BCUT2D eigenvalue weighted by atomic mass is 32.2. The minimum Gasteiger partial charge on any atom is -0.312 e. The van der Waals surface area contributed by atoms with Crippen molar-refractivity contribution >= 4 is 11.8 Å². The van der Waals surface area contributed by atoms with Crippen LogP contribution in [0.3, 0.4) is 0 Å². The third kappa shape index (κ3) is 6.01. The van der Waals surface area contributed by atoms with Gasteiger partial charge in [-0.25, -0.2) is 0 Å². The highest BCUT2D eigenvalue weighted by molar-refractivity contribution is 8.00. The van der Waals surface area contributed by atoms with Gasteiger partial charge in [-0.3, -0.25) is 4.90 Å². The van der Waals surface area contributed by atoms with Gasteiger partial charge in [0.05, 0.1) is 0 Å². The van der Waals surface area contributed by atoms with E-state index in [9.17, 15) is 0 Å². The Labute approximate surface area is 134 Å². The summed E-state index contributed by atoms with van der Waals surface area (Å²) >= 11 is 2.12. The molecule has 0 aromatic heterocycles. The molecule has 2 nitrogen and oxygen atoms in total. The number of rotatable bonds is 6. The van der Waals surface area contributed by atoms with Gasteiger partial charge in [0.1, 0.15) is 0 Å². The first-order valence-corrected chi connectivity index (χ1v) is 9.13. The van der Waals surface area contributed by atoms with Crippen molar-refractivity contribution in [1.29, 1.82) is 0 Å². The largest absolute Gasteiger partial charge is 0.312 e. The molecule has 0 radical (unpaired) electrons. The lowest BCUT2D eigenvalue weighted by molar-refractivity contribution is 0.263. The molecule has 0 aliphatic carbocycles. The molecule has 1 aliphatic heterocycles. The standard InChI is InChI=1S/C18H30N2S/c1-14(2)9-19-10-17-5-7-18(8-6-17)13-20-11-15(3)21-16(4)12-20/h5-8,14-16,19H,9-13H2,1-4H3. The van der Waals surface area contributed by atoms with E-state index < -0.39 is 0 Å². The fourth-order valence-corrected chi connectivity index (χ4v) is 4.33. The van der Waals surface area contributed by atoms with Gasteiger partial charge in [-0.05, 0) is 23.6 Å². The van der Waals surface area contributed by atoms with Crippen LogP contribution in [0.25, 0.3) is 0 Å². The molecular weight excluding hydrogens is 276 g/mol. The fourth-order valence-electron chi connectivity index (χ4n) is 2.94. The van der Waals surface area contributed by atoms with E-state index in [-0.39, 0.29) is 0 Å². The van der Waals surface area contributed by atoms with Gasteiger partial charge in [0.15, 0.2) is 0 Å². The molecule has 1 heterocycles. The first-order chi connectivity index (χ1) is 10.0. The van der Waals surface area contributed by atoms with Crippen LogP contribution < -0.4 is 5.32 Å². The molecule has 1 fully saturated rings. The van der Waals surface area contributed by atoms with Crippen LogP contribution in [0.2, 0.25) is 0 Å². The maximum absolute atomic E-state index is 3.50. The lowest BCUT2D eigenvalue weighted by Crippen LogP contribution is -2.39. The first-order valence-electron chi connectivity index (χ1n) is 8.19. The van der Waals surface area contributed by atoms with Gasteiger partial charge in [-0.2, -0.15) is 11.8 Å². The zero-order valence-electron chi connectivity index (χ0n) is 13.9. The summed E-state index contributed by atoms with van der Waals surface area (Å²) in [5.41, 5.74) is 2.82. The molecule has 2 unspecified atom stereocenters. The highest BCUT2D eigenvalue weighted by Gasteiger charge is 2.21. The third-order valence-corrected chi connectivity index (χ3v) is 5.03. The van der Waals surface area contributed by atoms with Crippen LogP contribution in [0.1, 0.15) is 38.8 Å². The van der Waals surface area contributed by atoms with Crippen molar-refractivity contribution in [3.05, 3.63) is 35.4 Å². The summed E-state index contributed by atoms with van der Waals surface area (Å²) in [6.45, 7) is 14.8. The van der Waals surface area contributed by atoms with Gasteiger partial charge in [0.2, 0.25) is 0 Å². The van der Waals surface area contributed by atoms with Crippen molar-refractivity contribution < 1.29 is 0 Å². The molecule has 1 N–H and O–H groups in total. The predicted molar refractivity (Wildman–Crippen MR) is 94.8 cm³/mol. The van der Waals surface area contributed by atoms with Gasteiger partial charge in [0.25, 0.3) is 0 Å². The van der Waals surface area contributed by atoms with E-state index in [4.69, 9.17) is 0 Å². The van der Waals surface area contributed by atoms with E-state index in [0.29, 0.717) is 5.92 Å². The predicted octanol–water partition coefficient (Wildman–Crippen LogP) is 3.76. The second-order valence-corrected chi connectivity index (χ2v) is 8.67. The Morgan fingerprint density at radius 3 is 2.24 bits per heavy atom. The molecule has 0 amide bonds. The van der Waals surface area contributed by atoms with Gasteiger partial charge >= 0.3 is 0 Å². The van der Waals surface area contributed by atoms with E-state index in [1.54, 1.807) is 0 Å². The van der Waals surface area contributed by atoms with Gasteiger partial charge in [0, 0.05) is 36.7 Å². The summed E-state index contributed by atoms with van der Waals surface area (Å²) in [4.78, 5) is 2.60. The van der Waals surface area contributed by atoms with Crippen molar-refractivity contribution in [2.24, 2.45) is 5.92 Å². The Morgan fingerprint density at radius 1 is 1.10 bits per heavy atom. The summed E-state index contributed by atoms with van der Waals surface area (Å²) in [7, 11) is 0. The van der Waals surface area contributed by atoms with E-state index in [1.165, 1.54) is 24.2 Å². The smallest absolute Gasteiger partial charge is 0.0234 e. The molecular formula is C18H30N2S. The maximum Gasteiger partial charge on any atom is 0.0234 e. The molecule has 0 saturated carbocycles. The normalized spacial score (nSPS) is 23.7. The minimum atomic E-state index is 0.713. The summed E-state index contributed by atoms with van der Waals surface area (Å²) < 4.78 is 0. The first kappa shape index (κ1) is 16.9. The molecule has 0 bridgehead atoms. The molecule has 118 valence electrons. The summed E-state index contributed by atoms with van der Waals surface area (Å²) in [6, 6.07) is 9.13. The number of thioether (sulfide) groups is 1. The Hall–Kier alpha value is -0.510. The SMILES string of the molecule is CC(C)CNCc1ccc(CN2CC(C)SC(C)C2)cc1. The molecule has 21 heavy (non-hydrogen) atoms. The van der Waals surface area contributed by atoms with Crippen molar-refractivity contribution in [3.8, 4) is 0 Å². The van der Waals surface area contributed by atoms with Crippen LogP contribution >= 0.6 is 11.8 Å². The third-order valence-electron chi connectivity index (χ3n) is 3.81. The van der Waals surface area contributed by atoms with E-state index >= 15 is 0 Å². The highest BCUT2D eigenvalue weighted by Crippen LogP contribution is 2.25. The molecule has 0 spiro atoms. The van der Waals surface area contributed by atoms with Gasteiger partial charge < -0.3 is 5.32 Å². The van der Waals surface area contributed by atoms with Crippen LogP contribution in [0.5, 0.6) is 0 Å². The maximum atomic E-state index is 3.50. The van der Waals surface area contributed by atoms with Crippen molar-refractivity contribution in [2.75, 3.05) is 19.6 Å². The molecule has 1 saturated heterocycles. The van der Waals surface area contributed by atoms with Crippen LogP contribution in [0.4, 0.5) is 0 Å². The van der Waals surface area contributed by atoms with Gasteiger partial charge in [-0.15, -0.1) is 0 Å². The van der Waals surface area contributed by atoms with Crippen LogP contribution in [-0.2, 0) is 13.1 Å². The lowest BCUT2D eigenvalue weighted by atomic mass is 10.1. The zero-order chi connectivity index (χ0) is 15.2. The quantitative estimate of drug-likeness (QED) is 0.861. The Bertz CT molecular complexity index is 406. The van der Waals surface area contributed by atoms with Crippen molar-refractivity contribution in [3.63, 3.8) is 0 Å². The number of nitrogens with one attached hydrogen (secondary N) is 1. The summed E-state index contributed by atoms with van der Waals surface area (Å²) in [6.07, 6.45) is 0. The van der Waals surface area contributed by atoms with E-state index in [0.717, 1.165) is 30.1 Å². The average Bonchev–Trinajstić information content (AvgIpc) is 2.39. The summed E-state index contributed by atoms with van der Waals surface area (Å²) in [5.74, 6) is 0.713. The molecule has 1 aromatic rings. The number of hydrogen-bond donors (Lipinski definition) is 1. The van der Waals surface area contributed by atoms with Crippen LogP contribution in [-0.4, -0.2) is 35.0 Å². The van der Waals surface area contributed by atoms with E-state index in [2.05, 4.69) is 73.9 Å². The topological polar surface area (TPSA) is 15.3 Å². The van der Waals surface area contributed by atoms with Gasteiger partial charge in [-0.1, -0.05) is 52.0 Å². The minimum absolute atomic E-state index is 0.713. The second-order valence-electron chi connectivity index (χ2n) is 6.79. The molecule has 1 aliphatic rings. The Balaban J connectivity index is 1.81. The molecule has 2 rings (SSSR count). The van der Waals surface area contributed by atoms with Crippen molar-refractivity contribution in [2.45, 2.75) is 51.3 Å². The number of hydrogen-bond acceptors (Lipinski definition) is 3. The number of benzene rings is 1. The monoisotopic (exact) mass is 306 g/mol.